The highest BCUT2D eigenvalue weighted by Gasteiger charge is 2.05. The molecule has 0 atom stereocenters. The van der Waals surface area contributed by atoms with Crippen molar-refractivity contribution < 1.29 is 27.8 Å². The molecule has 1 aromatic rings. The Morgan fingerprint density at radius 2 is 1.67 bits per heavy atom. The summed E-state index contributed by atoms with van der Waals surface area (Å²) in [6, 6.07) is 2.34. The number of hydrogen-bond donors (Lipinski definition) is 0. The standard InChI is InChI=1S/C12H10F2O4/c1-2-17-11(15)3-4-12(16)18-10-6-8(13)5-9(14)7-10/h3-7H,2H2,1H3/b4-3+. The molecule has 4 nitrogen and oxygen atoms in total. The van der Waals surface area contributed by atoms with Gasteiger partial charge >= 0.3 is 11.9 Å². The fraction of sp³-hybridized carbons (Fsp3) is 0.167. The van der Waals surface area contributed by atoms with Crippen LogP contribution in [-0.4, -0.2) is 18.5 Å². The zero-order chi connectivity index (χ0) is 13.5. The number of rotatable bonds is 4. The van der Waals surface area contributed by atoms with Gasteiger partial charge in [-0.3, -0.25) is 0 Å². The van der Waals surface area contributed by atoms with Gasteiger partial charge in [0.15, 0.2) is 0 Å². The fourth-order valence-corrected chi connectivity index (χ4v) is 1.06. The summed E-state index contributed by atoms with van der Waals surface area (Å²) in [6.07, 6.45) is 1.67. The van der Waals surface area contributed by atoms with Gasteiger partial charge in [0, 0.05) is 30.4 Å². The fourth-order valence-electron chi connectivity index (χ4n) is 1.06. The van der Waals surface area contributed by atoms with Crippen LogP contribution in [0.5, 0.6) is 5.75 Å². The first-order valence-corrected chi connectivity index (χ1v) is 5.04. The van der Waals surface area contributed by atoms with Gasteiger partial charge in [0.05, 0.1) is 6.61 Å². The molecule has 18 heavy (non-hydrogen) atoms. The first-order valence-electron chi connectivity index (χ1n) is 5.04. The summed E-state index contributed by atoms with van der Waals surface area (Å²) in [5.74, 6) is -3.67. The molecule has 0 N–H and O–H groups in total. The Morgan fingerprint density at radius 3 is 2.22 bits per heavy atom. The molecule has 96 valence electrons. The number of ether oxygens (including phenoxy) is 2. The third-order valence-electron chi connectivity index (χ3n) is 1.70. The maximum atomic E-state index is 12.8. The normalized spacial score (nSPS) is 10.4. The van der Waals surface area contributed by atoms with Crippen molar-refractivity contribution in [2.75, 3.05) is 6.61 Å². The Bertz CT molecular complexity index is 463. The maximum absolute atomic E-state index is 12.8. The van der Waals surface area contributed by atoms with Gasteiger partial charge in [-0.25, -0.2) is 18.4 Å². The van der Waals surface area contributed by atoms with Crippen molar-refractivity contribution in [3.8, 4) is 5.75 Å². The average Bonchev–Trinajstić information content (AvgIpc) is 2.25. The maximum Gasteiger partial charge on any atom is 0.336 e. The van der Waals surface area contributed by atoms with E-state index in [0.717, 1.165) is 24.3 Å². The highest BCUT2D eigenvalue weighted by molar-refractivity contribution is 5.92. The molecule has 1 rings (SSSR count). The monoisotopic (exact) mass is 256 g/mol. The van der Waals surface area contributed by atoms with Crippen molar-refractivity contribution in [3.63, 3.8) is 0 Å². The molecule has 0 aliphatic heterocycles. The van der Waals surface area contributed by atoms with Crippen molar-refractivity contribution in [1.82, 2.24) is 0 Å². The Morgan fingerprint density at radius 1 is 1.11 bits per heavy atom. The summed E-state index contributed by atoms with van der Waals surface area (Å²) in [7, 11) is 0. The second-order valence-corrected chi connectivity index (χ2v) is 3.11. The Labute approximate surface area is 102 Å². The van der Waals surface area contributed by atoms with Crippen LogP contribution in [0.3, 0.4) is 0 Å². The Balaban J connectivity index is 2.62. The molecule has 0 aromatic heterocycles. The summed E-state index contributed by atoms with van der Waals surface area (Å²) in [6.45, 7) is 1.78. The van der Waals surface area contributed by atoms with Crippen LogP contribution >= 0.6 is 0 Å². The van der Waals surface area contributed by atoms with Crippen molar-refractivity contribution >= 4 is 11.9 Å². The van der Waals surface area contributed by atoms with Crippen molar-refractivity contribution in [2.24, 2.45) is 0 Å². The minimum Gasteiger partial charge on any atom is -0.463 e. The smallest absolute Gasteiger partial charge is 0.336 e. The molecule has 0 unspecified atom stereocenters. The SMILES string of the molecule is CCOC(=O)/C=C/C(=O)Oc1cc(F)cc(F)c1. The molecule has 0 amide bonds. The summed E-state index contributed by atoms with van der Waals surface area (Å²) >= 11 is 0. The van der Waals surface area contributed by atoms with Crippen LogP contribution in [-0.2, 0) is 14.3 Å². The zero-order valence-electron chi connectivity index (χ0n) is 9.48. The molecular weight excluding hydrogens is 246 g/mol. The molecule has 0 saturated heterocycles. The van der Waals surface area contributed by atoms with Crippen LogP contribution in [0.15, 0.2) is 30.4 Å². The predicted octanol–water partition coefficient (Wildman–Crippen LogP) is 1.99. The first kappa shape index (κ1) is 13.8. The Kier molecular flexibility index (Phi) is 4.98. The van der Waals surface area contributed by atoms with Gasteiger partial charge in [-0.05, 0) is 6.92 Å². The molecule has 6 heteroatoms. The summed E-state index contributed by atoms with van der Waals surface area (Å²) < 4.78 is 34.7. The van der Waals surface area contributed by atoms with Gasteiger partial charge in [-0.1, -0.05) is 0 Å². The second-order valence-electron chi connectivity index (χ2n) is 3.11. The third-order valence-corrected chi connectivity index (χ3v) is 1.70. The van der Waals surface area contributed by atoms with Gasteiger partial charge in [-0.2, -0.15) is 0 Å². The van der Waals surface area contributed by atoms with Gasteiger partial charge in [-0.15, -0.1) is 0 Å². The largest absolute Gasteiger partial charge is 0.463 e. The van der Waals surface area contributed by atoms with Crippen LogP contribution in [0.4, 0.5) is 8.78 Å². The van der Waals surface area contributed by atoms with Crippen LogP contribution in [0, 0.1) is 11.6 Å². The van der Waals surface area contributed by atoms with E-state index in [9.17, 15) is 18.4 Å². The van der Waals surface area contributed by atoms with Crippen molar-refractivity contribution in [2.45, 2.75) is 6.92 Å². The second kappa shape index (κ2) is 6.48. The number of halogens is 2. The van der Waals surface area contributed by atoms with Crippen LogP contribution in [0.1, 0.15) is 6.92 Å². The van der Waals surface area contributed by atoms with E-state index >= 15 is 0 Å². The highest BCUT2D eigenvalue weighted by Crippen LogP contribution is 2.15. The van der Waals surface area contributed by atoms with Crippen molar-refractivity contribution in [1.29, 1.82) is 0 Å². The lowest BCUT2D eigenvalue weighted by Gasteiger charge is -2.01. The molecule has 0 spiro atoms. The lowest BCUT2D eigenvalue weighted by Crippen LogP contribution is -2.06. The van der Waals surface area contributed by atoms with Crippen LogP contribution in [0.2, 0.25) is 0 Å². The van der Waals surface area contributed by atoms with E-state index in [1.165, 1.54) is 0 Å². The summed E-state index contributed by atoms with van der Waals surface area (Å²) in [5, 5.41) is 0. The lowest BCUT2D eigenvalue weighted by molar-refractivity contribution is -0.138. The summed E-state index contributed by atoms with van der Waals surface area (Å²) in [4.78, 5) is 22.1. The quantitative estimate of drug-likeness (QED) is 0.469. The van der Waals surface area contributed by atoms with E-state index in [-0.39, 0.29) is 12.4 Å². The van der Waals surface area contributed by atoms with Gasteiger partial charge in [0.2, 0.25) is 0 Å². The van der Waals surface area contributed by atoms with E-state index in [1.54, 1.807) is 6.92 Å². The average molecular weight is 256 g/mol. The molecule has 0 aliphatic carbocycles. The third kappa shape index (κ3) is 4.73. The molecule has 1 aromatic carbocycles. The topological polar surface area (TPSA) is 52.6 Å². The number of benzene rings is 1. The number of hydrogen-bond acceptors (Lipinski definition) is 4. The van der Waals surface area contributed by atoms with Gasteiger partial charge in [0.1, 0.15) is 17.4 Å². The molecule has 0 fully saturated rings. The number of esters is 2. The molecule has 0 saturated carbocycles. The van der Waals surface area contributed by atoms with E-state index < -0.39 is 23.6 Å². The minimum atomic E-state index is -0.937. The highest BCUT2D eigenvalue weighted by atomic mass is 19.1. The van der Waals surface area contributed by atoms with Gasteiger partial charge in [0.25, 0.3) is 0 Å². The first-order chi connectivity index (χ1) is 8.51. The number of carbonyl (C=O) groups excluding carboxylic acids is 2. The van der Waals surface area contributed by atoms with Crippen molar-refractivity contribution in [3.05, 3.63) is 42.0 Å². The van der Waals surface area contributed by atoms with E-state index in [2.05, 4.69) is 9.47 Å². The predicted molar refractivity (Wildman–Crippen MR) is 57.8 cm³/mol. The molecular formula is C12H10F2O4. The zero-order valence-corrected chi connectivity index (χ0v) is 9.48. The Hall–Kier alpha value is -2.24. The molecule has 0 aliphatic rings. The van der Waals surface area contributed by atoms with E-state index in [1.807, 2.05) is 0 Å². The summed E-state index contributed by atoms with van der Waals surface area (Å²) in [5.41, 5.74) is 0. The van der Waals surface area contributed by atoms with Crippen LogP contribution < -0.4 is 4.74 Å². The molecule has 0 heterocycles. The molecule has 0 bridgehead atoms. The van der Waals surface area contributed by atoms with Gasteiger partial charge < -0.3 is 9.47 Å². The lowest BCUT2D eigenvalue weighted by atomic mass is 10.3. The van der Waals surface area contributed by atoms with E-state index in [4.69, 9.17) is 0 Å². The number of carbonyl (C=O) groups is 2. The molecule has 0 radical (unpaired) electrons. The van der Waals surface area contributed by atoms with Crippen LogP contribution in [0.25, 0.3) is 0 Å². The minimum absolute atomic E-state index is 0.174. The van der Waals surface area contributed by atoms with E-state index in [0.29, 0.717) is 6.07 Å².